The summed E-state index contributed by atoms with van der Waals surface area (Å²) in [4.78, 5) is 17.9. The van der Waals surface area contributed by atoms with Gasteiger partial charge in [0.25, 0.3) is 0 Å². The first-order chi connectivity index (χ1) is 9.20. The van der Waals surface area contributed by atoms with E-state index in [4.69, 9.17) is 0 Å². The minimum atomic E-state index is -0.152. The van der Waals surface area contributed by atoms with Crippen molar-refractivity contribution in [2.75, 3.05) is 16.8 Å². The summed E-state index contributed by atoms with van der Waals surface area (Å²) in [6, 6.07) is 11.3. The molecule has 0 saturated carbocycles. The van der Waals surface area contributed by atoms with Gasteiger partial charge in [0.2, 0.25) is 0 Å². The molecule has 0 atom stereocenters. The Kier molecular flexibility index (Phi) is 4.13. The average Bonchev–Trinajstić information content (AvgIpc) is 2.41. The number of carbonyl (C=O) groups excluding carboxylic acids is 1. The summed E-state index contributed by atoms with van der Waals surface area (Å²) in [5.74, 6) is 0. The standard InChI is InChI=1S/C15H17N3O/c1-3-18(14-8-4-6-12(2)10-14)15(19)17-13-7-5-9-16-11-13/h4-11H,3H2,1-2H3,(H,17,19). The monoisotopic (exact) mass is 255 g/mol. The lowest BCUT2D eigenvalue weighted by atomic mass is 10.2. The van der Waals surface area contributed by atoms with Crippen molar-refractivity contribution in [2.45, 2.75) is 13.8 Å². The number of amides is 2. The highest BCUT2D eigenvalue weighted by molar-refractivity contribution is 6.01. The van der Waals surface area contributed by atoms with E-state index in [-0.39, 0.29) is 6.03 Å². The van der Waals surface area contributed by atoms with Crippen molar-refractivity contribution in [3.63, 3.8) is 0 Å². The number of rotatable bonds is 3. The van der Waals surface area contributed by atoms with Crippen molar-refractivity contribution in [3.05, 3.63) is 54.4 Å². The van der Waals surface area contributed by atoms with E-state index in [1.165, 1.54) is 0 Å². The molecule has 0 fully saturated rings. The predicted molar refractivity (Wildman–Crippen MR) is 77.5 cm³/mol. The number of nitrogens with zero attached hydrogens (tertiary/aromatic N) is 2. The van der Waals surface area contributed by atoms with E-state index in [0.29, 0.717) is 12.2 Å². The van der Waals surface area contributed by atoms with Crippen molar-refractivity contribution >= 4 is 17.4 Å². The first kappa shape index (κ1) is 13.1. The van der Waals surface area contributed by atoms with Gasteiger partial charge in [-0.2, -0.15) is 0 Å². The minimum Gasteiger partial charge on any atom is -0.306 e. The summed E-state index contributed by atoms with van der Waals surface area (Å²) < 4.78 is 0. The third kappa shape index (κ3) is 3.31. The molecule has 1 N–H and O–H groups in total. The molecule has 2 aromatic rings. The fraction of sp³-hybridized carbons (Fsp3) is 0.200. The SMILES string of the molecule is CCN(C(=O)Nc1cccnc1)c1cccc(C)c1. The Morgan fingerprint density at radius 1 is 1.32 bits per heavy atom. The fourth-order valence-corrected chi connectivity index (χ4v) is 1.87. The van der Waals surface area contributed by atoms with Crippen molar-refractivity contribution in [2.24, 2.45) is 0 Å². The second-order valence-electron chi connectivity index (χ2n) is 4.26. The van der Waals surface area contributed by atoms with E-state index in [0.717, 1.165) is 11.3 Å². The lowest BCUT2D eigenvalue weighted by Gasteiger charge is -2.21. The first-order valence-electron chi connectivity index (χ1n) is 6.26. The Morgan fingerprint density at radius 3 is 2.79 bits per heavy atom. The zero-order valence-corrected chi connectivity index (χ0v) is 11.1. The Hall–Kier alpha value is -2.36. The highest BCUT2D eigenvalue weighted by atomic mass is 16.2. The average molecular weight is 255 g/mol. The number of hydrogen-bond acceptors (Lipinski definition) is 2. The van der Waals surface area contributed by atoms with Gasteiger partial charge in [0.15, 0.2) is 0 Å². The van der Waals surface area contributed by atoms with Crippen LogP contribution in [-0.2, 0) is 0 Å². The number of benzene rings is 1. The van der Waals surface area contributed by atoms with Crippen LogP contribution in [-0.4, -0.2) is 17.6 Å². The molecule has 1 aromatic heterocycles. The molecule has 0 unspecified atom stereocenters. The van der Waals surface area contributed by atoms with Gasteiger partial charge in [0, 0.05) is 18.4 Å². The highest BCUT2D eigenvalue weighted by Gasteiger charge is 2.13. The maximum atomic E-state index is 12.2. The van der Waals surface area contributed by atoms with Crippen LogP contribution in [0.25, 0.3) is 0 Å². The zero-order chi connectivity index (χ0) is 13.7. The van der Waals surface area contributed by atoms with Gasteiger partial charge in [-0.05, 0) is 43.7 Å². The minimum absolute atomic E-state index is 0.152. The van der Waals surface area contributed by atoms with E-state index in [1.807, 2.05) is 44.2 Å². The van der Waals surface area contributed by atoms with E-state index in [9.17, 15) is 4.79 Å². The van der Waals surface area contributed by atoms with Gasteiger partial charge in [0.05, 0.1) is 11.9 Å². The third-order valence-corrected chi connectivity index (χ3v) is 2.79. The molecule has 0 aliphatic carbocycles. The number of nitrogens with one attached hydrogen (secondary N) is 1. The van der Waals surface area contributed by atoms with Crippen LogP contribution < -0.4 is 10.2 Å². The van der Waals surface area contributed by atoms with Gasteiger partial charge in [-0.15, -0.1) is 0 Å². The molecule has 0 bridgehead atoms. The van der Waals surface area contributed by atoms with Crippen LogP contribution in [0.4, 0.5) is 16.2 Å². The molecule has 98 valence electrons. The summed E-state index contributed by atoms with van der Waals surface area (Å²) in [6.07, 6.45) is 3.30. The normalized spacial score (nSPS) is 10.0. The molecule has 19 heavy (non-hydrogen) atoms. The van der Waals surface area contributed by atoms with Crippen LogP contribution >= 0.6 is 0 Å². The molecule has 0 spiro atoms. The lowest BCUT2D eigenvalue weighted by molar-refractivity contribution is 0.257. The number of aromatic nitrogens is 1. The van der Waals surface area contributed by atoms with Crippen LogP contribution in [0.2, 0.25) is 0 Å². The fourth-order valence-electron chi connectivity index (χ4n) is 1.87. The van der Waals surface area contributed by atoms with E-state index in [2.05, 4.69) is 10.3 Å². The third-order valence-electron chi connectivity index (χ3n) is 2.79. The maximum absolute atomic E-state index is 12.2. The molecule has 4 nitrogen and oxygen atoms in total. The number of anilines is 2. The largest absolute Gasteiger partial charge is 0.326 e. The number of hydrogen-bond donors (Lipinski definition) is 1. The number of pyridine rings is 1. The topological polar surface area (TPSA) is 45.2 Å². The second kappa shape index (κ2) is 6.00. The molecule has 1 heterocycles. The van der Waals surface area contributed by atoms with Crippen molar-refractivity contribution in [1.82, 2.24) is 4.98 Å². The summed E-state index contributed by atoms with van der Waals surface area (Å²) in [5.41, 5.74) is 2.72. The molecule has 0 aliphatic rings. The van der Waals surface area contributed by atoms with Crippen LogP contribution in [0.3, 0.4) is 0 Å². The summed E-state index contributed by atoms with van der Waals surface area (Å²) in [6.45, 7) is 4.57. The van der Waals surface area contributed by atoms with Gasteiger partial charge in [-0.25, -0.2) is 4.79 Å². The zero-order valence-electron chi connectivity index (χ0n) is 11.1. The molecule has 0 radical (unpaired) electrons. The number of carbonyl (C=O) groups is 1. The Labute approximate surface area is 113 Å². The summed E-state index contributed by atoms with van der Waals surface area (Å²) in [5, 5.41) is 2.84. The Bertz CT molecular complexity index is 554. The van der Waals surface area contributed by atoms with Crippen LogP contribution in [0, 0.1) is 6.92 Å². The van der Waals surface area contributed by atoms with Crippen molar-refractivity contribution in [3.8, 4) is 0 Å². The predicted octanol–water partition coefficient (Wildman–Crippen LogP) is 3.45. The van der Waals surface area contributed by atoms with E-state index in [1.54, 1.807) is 23.4 Å². The van der Waals surface area contributed by atoms with E-state index >= 15 is 0 Å². The van der Waals surface area contributed by atoms with Crippen LogP contribution in [0.15, 0.2) is 48.8 Å². The van der Waals surface area contributed by atoms with Gasteiger partial charge in [0.1, 0.15) is 0 Å². The summed E-state index contributed by atoms with van der Waals surface area (Å²) in [7, 11) is 0. The van der Waals surface area contributed by atoms with Crippen LogP contribution in [0.5, 0.6) is 0 Å². The molecule has 4 heteroatoms. The maximum Gasteiger partial charge on any atom is 0.326 e. The second-order valence-corrected chi connectivity index (χ2v) is 4.26. The van der Waals surface area contributed by atoms with Gasteiger partial charge >= 0.3 is 6.03 Å². The number of aryl methyl sites for hydroxylation is 1. The van der Waals surface area contributed by atoms with Crippen molar-refractivity contribution in [1.29, 1.82) is 0 Å². The molecule has 1 aromatic carbocycles. The van der Waals surface area contributed by atoms with Crippen molar-refractivity contribution < 1.29 is 4.79 Å². The molecule has 2 amide bonds. The van der Waals surface area contributed by atoms with Gasteiger partial charge in [-0.1, -0.05) is 12.1 Å². The van der Waals surface area contributed by atoms with E-state index < -0.39 is 0 Å². The van der Waals surface area contributed by atoms with Gasteiger partial charge < -0.3 is 5.32 Å². The summed E-state index contributed by atoms with van der Waals surface area (Å²) >= 11 is 0. The molecule has 0 aliphatic heterocycles. The van der Waals surface area contributed by atoms with Crippen LogP contribution in [0.1, 0.15) is 12.5 Å². The molecule has 2 rings (SSSR count). The van der Waals surface area contributed by atoms with Gasteiger partial charge in [-0.3, -0.25) is 9.88 Å². The number of urea groups is 1. The molecular weight excluding hydrogens is 238 g/mol. The Balaban J connectivity index is 2.16. The molecular formula is C15H17N3O. The quantitative estimate of drug-likeness (QED) is 0.913. The lowest BCUT2D eigenvalue weighted by Crippen LogP contribution is -2.34. The first-order valence-corrected chi connectivity index (χ1v) is 6.26. The molecule has 0 saturated heterocycles. The highest BCUT2D eigenvalue weighted by Crippen LogP contribution is 2.17. The smallest absolute Gasteiger partial charge is 0.306 e. The Morgan fingerprint density at radius 2 is 2.16 bits per heavy atom.